The first kappa shape index (κ1) is 15.6. The molecule has 0 aromatic carbocycles. The van der Waals surface area contributed by atoms with E-state index in [2.05, 4.69) is 15.3 Å². The number of nitrogens with one attached hydrogen (secondary N) is 1. The van der Waals surface area contributed by atoms with Gasteiger partial charge in [0.25, 0.3) is 0 Å². The Bertz CT molecular complexity index is 716. The number of amides is 1. The van der Waals surface area contributed by atoms with Crippen molar-refractivity contribution in [2.75, 3.05) is 18.4 Å². The van der Waals surface area contributed by atoms with Crippen LogP contribution in [0.3, 0.4) is 0 Å². The average Bonchev–Trinajstić information content (AvgIpc) is 3.27. The van der Waals surface area contributed by atoms with Gasteiger partial charge in [0, 0.05) is 35.3 Å². The summed E-state index contributed by atoms with van der Waals surface area (Å²) in [6, 6.07) is 4.32. The summed E-state index contributed by atoms with van der Waals surface area (Å²) in [5.41, 5.74) is 2.47. The van der Waals surface area contributed by atoms with Crippen LogP contribution in [-0.4, -0.2) is 39.9 Å². The monoisotopic (exact) mass is 342 g/mol. The largest absolute Gasteiger partial charge is 0.365 e. The van der Waals surface area contributed by atoms with Crippen LogP contribution in [0.5, 0.6) is 0 Å². The Hall–Kier alpha value is -1.95. The number of carbonyl (C=O) groups excluding carboxylic acids is 1. The van der Waals surface area contributed by atoms with E-state index in [1.165, 1.54) is 17.7 Å². The van der Waals surface area contributed by atoms with Gasteiger partial charge in [0.2, 0.25) is 5.91 Å². The smallest absolute Gasteiger partial charge is 0.227 e. The van der Waals surface area contributed by atoms with Crippen molar-refractivity contribution < 1.29 is 4.79 Å². The summed E-state index contributed by atoms with van der Waals surface area (Å²) in [7, 11) is 0. The van der Waals surface area contributed by atoms with Crippen LogP contribution in [0.1, 0.15) is 35.4 Å². The number of nitrogens with zero attached hydrogens (tertiary/aromatic N) is 3. The van der Waals surface area contributed by atoms with E-state index in [0.717, 1.165) is 49.5 Å². The van der Waals surface area contributed by atoms with Crippen molar-refractivity contribution in [1.29, 1.82) is 0 Å². The molecule has 0 saturated carbocycles. The number of hydrogen-bond acceptors (Lipinski definition) is 5. The second-order valence-electron chi connectivity index (χ2n) is 6.58. The van der Waals surface area contributed by atoms with Crippen molar-refractivity contribution in [3.8, 4) is 0 Å². The van der Waals surface area contributed by atoms with Crippen LogP contribution in [-0.2, 0) is 24.1 Å². The fourth-order valence-corrected chi connectivity index (χ4v) is 4.37. The number of rotatable bonds is 4. The van der Waals surface area contributed by atoms with Gasteiger partial charge in [-0.05, 0) is 43.6 Å². The lowest BCUT2D eigenvalue weighted by atomic mass is 10.0. The predicted molar refractivity (Wildman–Crippen MR) is 95.3 cm³/mol. The first-order valence-corrected chi connectivity index (χ1v) is 9.57. The maximum Gasteiger partial charge on any atom is 0.227 e. The van der Waals surface area contributed by atoms with Gasteiger partial charge in [-0.15, -0.1) is 11.3 Å². The molecule has 1 N–H and O–H groups in total. The number of hydrogen-bond donors (Lipinski definition) is 1. The molecule has 24 heavy (non-hydrogen) atoms. The normalized spacial score (nSPS) is 20.0. The lowest BCUT2D eigenvalue weighted by molar-refractivity contribution is -0.131. The standard InChI is InChI=1S/C18H22N4OS/c23-17(10-14-5-3-9-24-14)22-8-2-4-13(11-22)21-18-15-6-1-7-16(15)19-12-20-18/h3,5,9,12-13H,1-2,4,6-8,10-11H2,(H,19,20,21)/t13-/m0/s1. The molecule has 1 aliphatic heterocycles. The number of thiophene rings is 1. The first-order chi connectivity index (χ1) is 11.8. The predicted octanol–water partition coefficient (Wildman–Crippen LogP) is 2.67. The average molecular weight is 342 g/mol. The van der Waals surface area contributed by atoms with E-state index in [9.17, 15) is 4.79 Å². The Morgan fingerprint density at radius 1 is 1.33 bits per heavy atom. The molecule has 1 saturated heterocycles. The van der Waals surface area contributed by atoms with Crippen molar-refractivity contribution in [2.45, 2.75) is 44.6 Å². The van der Waals surface area contributed by atoms with Gasteiger partial charge in [0.15, 0.2) is 0 Å². The molecule has 0 bridgehead atoms. The minimum absolute atomic E-state index is 0.233. The summed E-state index contributed by atoms with van der Waals surface area (Å²) in [5.74, 6) is 1.21. The summed E-state index contributed by atoms with van der Waals surface area (Å²) in [4.78, 5) is 24.5. The van der Waals surface area contributed by atoms with Gasteiger partial charge in [0.05, 0.1) is 6.42 Å². The fraction of sp³-hybridized carbons (Fsp3) is 0.500. The summed E-state index contributed by atoms with van der Waals surface area (Å²) >= 11 is 1.65. The van der Waals surface area contributed by atoms with Crippen LogP contribution in [0.4, 0.5) is 5.82 Å². The number of aryl methyl sites for hydroxylation is 1. The van der Waals surface area contributed by atoms with Crippen LogP contribution in [0, 0.1) is 0 Å². The third kappa shape index (κ3) is 3.29. The van der Waals surface area contributed by atoms with Gasteiger partial charge in [-0.25, -0.2) is 9.97 Å². The third-order valence-corrected chi connectivity index (χ3v) is 5.77. The van der Waals surface area contributed by atoms with Crippen LogP contribution in [0.2, 0.25) is 0 Å². The Morgan fingerprint density at radius 3 is 3.17 bits per heavy atom. The molecule has 5 nitrogen and oxygen atoms in total. The quantitative estimate of drug-likeness (QED) is 0.928. The zero-order valence-electron chi connectivity index (χ0n) is 13.7. The zero-order valence-corrected chi connectivity index (χ0v) is 14.5. The molecule has 0 spiro atoms. The van der Waals surface area contributed by atoms with Crippen LogP contribution in [0.25, 0.3) is 0 Å². The van der Waals surface area contributed by atoms with Crippen LogP contribution < -0.4 is 5.32 Å². The maximum atomic E-state index is 12.5. The minimum Gasteiger partial charge on any atom is -0.365 e. The van der Waals surface area contributed by atoms with Crippen molar-refractivity contribution in [2.24, 2.45) is 0 Å². The van der Waals surface area contributed by atoms with Crippen molar-refractivity contribution in [3.05, 3.63) is 40.0 Å². The summed E-state index contributed by atoms with van der Waals surface area (Å²) in [6.07, 6.45) is 7.60. The second-order valence-corrected chi connectivity index (χ2v) is 7.61. The molecule has 0 radical (unpaired) electrons. The molecule has 1 amide bonds. The molecule has 126 valence electrons. The van der Waals surface area contributed by atoms with E-state index in [4.69, 9.17) is 0 Å². The van der Waals surface area contributed by atoms with Gasteiger partial charge in [0.1, 0.15) is 12.1 Å². The van der Waals surface area contributed by atoms with Gasteiger partial charge in [-0.2, -0.15) is 0 Å². The molecule has 3 heterocycles. The van der Waals surface area contributed by atoms with E-state index >= 15 is 0 Å². The number of likely N-dealkylation sites (tertiary alicyclic amines) is 1. The molecule has 2 aromatic rings. The summed E-state index contributed by atoms with van der Waals surface area (Å²) in [5, 5.41) is 5.61. The van der Waals surface area contributed by atoms with Gasteiger partial charge in [-0.3, -0.25) is 4.79 Å². The highest BCUT2D eigenvalue weighted by molar-refractivity contribution is 7.10. The molecule has 0 unspecified atom stereocenters. The van der Waals surface area contributed by atoms with Gasteiger partial charge < -0.3 is 10.2 Å². The Kier molecular flexibility index (Phi) is 4.47. The van der Waals surface area contributed by atoms with Crippen molar-refractivity contribution in [1.82, 2.24) is 14.9 Å². The van der Waals surface area contributed by atoms with Crippen molar-refractivity contribution in [3.63, 3.8) is 0 Å². The second kappa shape index (κ2) is 6.89. The highest BCUT2D eigenvalue weighted by atomic mass is 32.1. The maximum absolute atomic E-state index is 12.5. The Morgan fingerprint density at radius 2 is 2.29 bits per heavy atom. The highest BCUT2D eigenvalue weighted by Gasteiger charge is 2.25. The Labute approximate surface area is 146 Å². The van der Waals surface area contributed by atoms with E-state index < -0.39 is 0 Å². The molecule has 1 aliphatic carbocycles. The van der Waals surface area contributed by atoms with E-state index in [1.54, 1.807) is 17.7 Å². The van der Waals surface area contributed by atoms with Crippen LogP contribution in [0.15, 0.2) is 23.8 Å². The van der Waals surface area contributed by atoms with E-state index in [1.807, 2.05) is 22.4 Å². The van der Waals surface area contributed by atoms with Crippen molar-refractivity contribution >= 4 is 23.1 Å². The number of aromatic nitrogens is 2. The summed E-state index contributed by atoms with van der Waals surface area (Å²) in [6.45, 7) is 1.63. The summed E-state index contributed by atoms with van der Waals surface area (Å²) < 4.78 is 0. The van der Waals surface area contributed by atoms with Gasteiger partial charge in [-0.1, -0.05) is 6.07 Å². The van der Waals surface area contributed by atoms with E-state index in [-0.39, 0.29) is 11.9 Å². The number of piperidine rings is 1. The highest BCUT2D eigenvalue weighted by Crippen LogP contribution is 2.26. The molecule has 1 atom stereocenters. The lowest BCUT2D eigenvalue weighted by Gasteiger charge is -2.33. The third-order valence-electron chi connectivity index (χ3n) is 4.90. The number of anilines is 1. The molecule has 6 heteroatoms. The lowest BCUT2D eigenvalue weighted by Crippen LogP contribution is -2.45. The molecule has 4 rings (SSSR count). The first-order valence-electron chi connectivity index (χ1n) is 8.69. The number of carbonyl (C=O) groups is 1. The molecule has 2 aliphatic rings. The topological polar surface area (TPSA) is 58.1 Å². The Balaban J connectivity index is 1.40. The molecule has 2 aromatic heterocycles. The molecule has 1 fully saturated rings. The fourth-order valence-electron chi connectivity index (χ4n) is 3.67. The molecular formula is C18H22N4OS. The molecular weight excluding hydrogens is 320 g/mol. The SMILES string of the molecule is O=C(Cc1cccs1)N1CCC[C@H](Nc2ncnc3c2CCC3)C1. The van der Waals surface area contributed by atoms with Crippen LogP contribution >= 0.6 is 11.3 Å². The zero-order chi connectivity index (χ0) is 16.4. The van der Waals surface area contributed by atoms with Gasteiger partial charge >= 0.3 is 0 Å². The number of fused-ring (bicyclic) bond motifs is 1. The minimum atomic E-state index is 0.233. The van der Waals surface area contributed by atoms with E-state index in [0.29, 0.717) is 6.42 Å².